The third kappa shape index (κ3) is 3.73. The molecular formula is C15H15Cl2N3O. The van der Waals surface area contributed by atoms with Crippen molar-refractivity contribution in [3.8, 4) is 0 Å². The van der Waals surface area contributed by atoms with Gasteiger partial charge < -0.3 is 11.1 Å². The van der Waals surface area contributed by atoms with Gasteiger partial charge in [0.15, 0.2) is 5.15 Å². The predicted molar refractivity (Wildman–Crippen MR) is 85.7 cm³/mol. The average Bonchev–Trinajstić information content (AvgIpc) is 2.42. The summed E-state index contributed by atoms with van der Waals surface area (Å²) in [5.74, 6) is -0.354. The van der Waals surface area contributed by atoms with E-state index in [0.29, 0.717) is 5.69 Å². The van der Waals surface area contributed by atoms with Gasteiger partial charge >= 0.3 is 0 Å². The number of carbonyl (C=O) groups is 1. The van der Waals surface area contributed by atoms with Crippen LogP contribution in [-0.2, 0) is 4.79 Å². The van der Waals surface area contributed by atoms with Crippen LogP contribution >= 0.6 is 23.2 Å². The summed E-state index contributed by atoms with van der Waals surface area (Å²) in [6.45, 7) is 3.75. The summed E-state index contributed by atoms with van der Waals surface area (Å²) in [6.07, 6.45) is 0. The largest absolute Gasteiger partial charge is 0.322 e. The number of amides is 1. The number of aryl methyl sites for hydroxylation is 2. The van der Waals surface area contributed by atoms with E-state index in [9.17, 15) is 4.79 Å². The number of nitrogens with zero attached hydrogens (tertiary/aromatic N) is 1. The summed E-state index contributed by atoms with van der Waals surface area (Å²) in [4.78, 5) is 16.1. The van der Waals surface area contributed by atoms with Crippen molar-refractivity contribution < 1.29 is 4.79 Å². The van der Waals surface area contributed by atoms with Gasteiger partial charge in [0.05, 0.1) is 5.69 Å². The summed E-state index contributed by atoms with van der Waals surface area (Å²) >= 11 is 11.8. The molecule has 1 aromatic carbocycles. The van der Waals surface area contributed by atoms with Crippen molar-refractivity contribution in [2.45, 2.75) is 19.9 Å². The molecule has 0 aliphatic carbocycles. The molecule has 1 heterocycles. The molecule has 1 amide bonds. The maximum absolute atomic E-state index is 12.2. The van der Waals surface area contributed by atoms with E-state index in [0.717, 1.165) is 16.7 Å². The first kappa shape index (κ1) is 15.8. The Balaban J connectivity index is 2.20. The molecule has 0 radical (unpaired) electrons. The van der Waals surface area contributed by atoms with Gasteiger partial charge in [-0.05, 0) is 31.0 Å². The Bertz CT molecular complexity index is 648. The zero-order valence-electron chi connectivity index (χ0n) is 11.7. The number of nitrogens with one attached hydrogen (secondary N) is 1. The molecule has 6 heteroatoms. The number of pyridine rings is 1. The number of carbonyl (C=O) groups excluding carboxylic acids is 1. The molecule has 0 fully saturated rings. The number of halogens is 2. The van der Waals surface area contributed by atoms with E-state index in [4.69, 9.17) is 28.9 Å². The lowest BCUT2D eigenvalue weighted by molar-refractivity contribution is -0.117. The standard InChI is InChI=1S/C15H15Cl2N3O/c1-8-3-5-10(6-4-8)12(18)15(21)20-13-9(2)7-11(16)19-14(13)17/h3-7,12H,18H2,1-2H3,(H,20,21). The van der Waals surface area contributed by atoms with Crippen molar-refractivity contribution in [3.63, 3.8) is 0 Å². The highest BCUT2D eigenvalue weighted by Crippen LogP contribution is 2.27. The number of hydrogen-bond donors (Lipinski definition) is 2. The molecule has 21 heavy (non-hydrogen) atoms. The van der Waals surface area contributed by atoms with Gasteiger partial charge in [-0.2, -0.15) is 0 Å². The summed E-state index contributed by atoms with van der Waals surface area (Å²) in [5.41, 5.74) is 8.95. The van der Waals surface area contributed by atoms with Crippen LogP contribution in [0, 0.1) is 13.8 Å². The van der Waals surface area contributed by atoms with Crippen LogP contribution in [0.3, 0.4) is 0 Å². The number of rotatable bonds is 3. The van der Waals surface area contributed by atoms with E-state index >= 15 is 0 Å². The highest BCUT2D eigenvalue weighted by Gasteiger charge is 2.18. The minimum atomic E-state index is -0.781. The Morgan fingerprint density at radius 2 is 1.86 bits per heavy atom. The maximum atomic E-state index is 12.2. The van der Waals surface area contributed by atoms with Crippen molar-refractivity contribution in [1.29, 1.82) is 0 Å². The average molecular weight is 324 g/mol. The third-order valence-electron chi connectivity index (χ3n) is 3.11. The zero-order valence-corrected chi connectivity index (χ0v) is 13.2. The first-order valence-electron chi connectivity index (χ1n) is 6.34. The van der Waals surface area contributed by atoms with Crippen molar-refractivity contribution in [2.24, 2.45) is 5.73 Å². The zero-order chi connectivity index (χ0) is 15.6. The molecule has 110 valence electrons. The van der Waals surface area contributed by atoms with Gasteiger partial charge in [0.2, 0.25) is 5.91 Å². The minimum absolute atomic E-state index is 0.143. The van der Waals surface area contributed by atoms with E-state index in [1.165, 1.54) is 0 Å². The topological polar surface area (TPSA) is 68.0 Å². The molecule has 1 unspecified atom stereocenters. The summed E-state index contributed by atoms with van der Waals surface area (Å²) < 4.78 is 0. The lowest BCUT2D eigenvalue weighted by Crippen LogP contribution is -2.28. The number of benzene rings is 1. The van der Waals surface area contributed by atoms with Crippen LogP contribution in [0.4, 0.5) is 5.69 Å². The maximum Gasteiger partial charge on any atom is 0.245 e. The normalized spacial score (nSPS) is 12.0. The van der Waals surface area contributed by atoms with Crippen molar-refractivity contribution in [1.82, 2.24) is 4.98 Å². The van der Waals surface area contributed by atoms with Gasteiger partial charge in [-0.1, -0.05) is 53.0 Å². The first-order chi connectivity index (χ1) is 9.88. The fourth-order valence-corrected chi connectivity index (χ4v) is 2.45. The number of aromatic nitrogens is 1. The summed E-state index contributed by atoms with van der Waals surface area (Å²) in [6, 6.07) is 8.31. The quantitative estimate of drug-likeness (QED) is 0.847. The second-order valence-corrected chi connectivity index (χ2v) is 5.55. The predicted octanol–water partition coefficient (Wildman–Crippen LogP) is 3.64. The van der Waals surface area contributed by atoms with Gasteiger partial charge in [-0.15, -0.1) is 0 Å². The van der Waals surface area contributed by atoms with Crippen LogP contribution in [0.15, 0.2) is 30.3 Å². The lowest BCUT2D eigenvalue weighted by atomic mass is 10.1. The Morgan fingerprint density at radius 1 is 1.24 bits per heavy atom. The molecular weight excluding hydrogens is 309 g/mol. The molecule has 0 aliphatic heterocycles. The van der Waals surface area contributed by atoms with Crippen LogP contribution in [-0.4, -0.2) is 10.9 Å². The SMILES string of the molecule is Cc1ccc(C(N)C(=O)Nc2c(C)cc(Cl)nc2Cl)cc1. The van der Waals surface area contributed by atoms with Crippen LogP contribution in [0.5, 0.6) is 0 Å². The van der Waals surface area contributed by atoms with Gasteiger partial charge in [0.25, 0.3) is 0 Å². The molecule has 4 nitrogen and oxygen atoms in total. The Kier molecular flexibility index (Phi) is 4.83. The smallest absolute Gasteiger partial charge is 0.245 e. The Morgan fingerprint density at radius 3 is 2.43 bits per heavy atom. The van der Waals surface area contributed by atoms with Gasteiger partial charge in [0, 0.05) is 0 Å². The van der Waals surface area contributed by atoms with Crippen molar-refractivity contribution in [2.75, 3.05) is 5.32 Å². The van der Waals surface area contributed by atoms with Crippen LogP contribution in [0.25, 0.3) is 0 Å². The van der Waals surface area contributed by atoms with Crippen LogP contribution in [0.2, 0.25) is 10.3 Å². The van der Waals surface area contributed by atoms with Gasteiger partial charge in [-0.25, -0.2) is 4.98 Å². The number of hydrogen-bond acceptors (Lipinski definition) is 3. The molecule has 0 aliphatic rings. The highest BCUT2D eigenvalue weighted by atomic mass is 35.5. The first-order valence-corrected chi connectivity index (χ1v) is 7.09. The molecule has 3 N–H and O–H groups in total. The number of nitrogens with two attached hydrogens (primary N) is 1. The molecule has 0 saturated heterocycles. The molecule has 1 atom stereocenters. The van der Waals surface area contributed by atoms with Crippen LogP contribution < -0.4 is 11.1 Å². The minimum Gasteiger partial charge on any atom is -0.322 e. The van der Waals surface area contributed by atoms with E-state index in [-0.39, 0.29) is 16.2 Å². The second-order valence-electron chi connectivity index (χ2n) is 4.81. The fraction of sp³-hybridized carbons (Fsp3) is 0.200. The third-order valence-corrected chi connectivity index (χ3v) is 3.58. The van der Waals surface area contributed by atoms with Crippen molar-refractivity contribution >= 4 is 34.8 Å². The highest BCUT2D eigenvalue weighted by molar-refractivity contribution is 6.34. The number of anilines is 1. The molecule has 1 aromatic heterocycles. The van der Waals surface area contributed by atoms with Gasteiger partial charge in [-0.3, -0.25) is 4.79 Å². The van der Waals surface area contributed by atoms with E-state index < -0.39 is 6.04 Å². The molecule has 2 rings (SSSR count). The van der Waals surface area contributed by atoms with E-state index in [1.54, 1.807) is 13.0 Å². The monoisotopic (exact) mass is 323 g/mol. The Hall–Kier alpha value is -1.62. The second kappa shape index (κ2) is 6.43. The summed E-state index contributed by atoms with van der Waals surface area (Å²) in [7, 11) is 0. The van der Waals surface area contributed by atoms with Gasteiger partial charge in [0.1, 0.15) is 11.2 Å². The molecule has 0 spiro atoms. The molecule has 2 aromatic rings. The molecule has 0 saturated carbocycles. The lowest BCUT2D eigenvalue weighted by Gasteiger charge is -2.15. The van der Waals surface area contributed by atoms with E-state index in [2.05, 4.69) is 10.3 Å². The van der Waals surface area contributed by atoms with Crippen LogP contribution in [0.1, 0.15) is 22.7 Å². The molecule has 0 bridgehead atoms. The Labute approximate surface area is 133 Å². The summed E-state index contributed by atoms with van der Waals surface area (Å²) in [5, 5.41) is 3.12. The van der Waals surface area contributed by atoms with Crippen molar-refractivity contribution in [3.05, 3.63) is 57.3 Å². The van der Waals surface area contributed by atoms with E-state index in [1.807, 2.05) is 31.2 Å². The fourth-order valence-electron chi connectivity index (χ4n) is 1.87.